The molecule has 0 atom stereocenters. The summed E-state index contributed by atoms with van der Waals surface area (Å²) in [4.78, 5) is 13.0. The summed E-state index contributed by atoms with van der Waals surface area (Å²) in [6, 6.07) is 0. The van der Waals surface area contributed by atoms with Crippen molar-refractivity contribution >= 4 is 6.09 Å². The van der Waals surface area contributed by atoms with E-state index in [9.17, 15) is 26.7 Å². The van der Waals surface area contributed by atoms with Gasteiger partial charge in [-0.1, -0.05) is 0 Å². The van der Waals surface area contributed by atoms with Gasteiger partial charge in [0.15, 0.2) is 0 Å². The van der Waals surface area contributed by atoms with Crippen LogP contribution >= 0.6 is 0 Å². The average molecular weight is 341 g/mol. The van der Waals surface area contributed by atoms with E-state index in [0.29, 0.717) is 0 Å². The van der Waals surface area contributed by atoms with Crippen molar-refractivity contribution in [3.63, 3.8) is 0 Å². The van der Waals surface area contributed by atoms with Gasteiger partial charge in [0.25, 0.3) is 0 Å². The molecule has 0 fully saturated rings. The van der Waals surface area contributed by atoms with Gasteiger partial charge >= 0.3 is 18.2 Å². The Morgan fingerprint density at radius 1 is 1.22 bits per heavy atom. The average Bonchev–Trinajstić information content (AvgIpc) is 2.78. The summed E-state index contributed by atoms with van der Waals surface area (Å²) in [5.41, 5.74) is -2.34. The lowest BCUT2D eigenvalue weighted by molar-refractivity contribution is -0.291. The highest BCUT2D eigenvalue weighted by Gasteiger charge is 2.61. The molecule has 0 unspecified atom stereocenters. The Balaban J connectivity index is 2.27. The van der Waals surface area contributed by atoms with E-state index in [2.05, 4.69) is 10.2 Å². The maximum atomic E-state index is 13.5. The number of nitrogens with one attached hydrogen (secondary N) is 1. The normalized spacial score (nSPS) is 16.3. The highest BCUT2D eigenvalue weighted by atomic mass is 19.4. The molecule has 0 aliphatic carbocycles. The number of rotatable bonds is 1. The Labute approximate surface area is 128 Å². The van der Waals surface area contributed by atoms with Crippen molar-refractivity contribution in [2.45, 2.75) is 51.4 Å². The first-order valence-corrected chi connectivity index (χ1v) is 6.82. The molecule has 23 heavy (non-hydrogen) atoms. The summed E-state index contributed by atoms with van der Waals surface area (Å²) >= 11 is 0. The zero-order chi connectivity index (χ0) is 17.6. The molecule has 1 aromatic heterocycles. The fourth-order valence-corrected chi connectivity index (χ4v) is 2.17. The quantitative estimate of drug-likeness (QED) is 0.797. The van der Waals surface area contributed by atoms with Crippen molar-refractivity contribution in [1.29, 1.82) is 0 Å². The number of aromatic amines is 1. The standard InChI is InChI=1S/C13H16F5N3O2/c1-11(2,3)23-10(22)21-5-4-8-7(6-21)9(20-19-8)12(14,15)13(16,17)18/h4-6H2,1-3H3,(H,19,20). The van der Waals surface area contributed by atoms with E-state index in [1.165, 1.54) is 0 Å². The Morgan fingerprint density at radius 3 is 2.35 bits per heavy atom. The van der Waals surface area contributed by atoms with Crippen molar-refractivity contribution in [3.05, 3.63) is 17.0 Å². The van der Waals surface area contributed by atoms with Crippen molar-refractivity contribution in [2.75, 3.05) is 6.54 Å². The second kappa shape index (κ2) is 5.34. The number of carbonyl (C=O) groups excluding carboxylic acids is 1. The molecule has 1 aliphatic rings. The lowest BCUT2D eigenvalue weighted by Gasteiger charge is -2.30. The molecule has 0 aromatic carbocycles. The van der Waals surface area contributed by atoms with E-state index >= 15 is 0 Å². The second-order valence-corrected chi connectivity index (χ2v) is 6.25. The van der Waals surface area contributed by atoms with Gasteiger partial charge in [0.1, 0.15) is 11.3 Å². The molecule has 2 rings (SSSR count). The molecule has 1 amide bonds. The summed E-state index contributed by atoms with van der Waals surface area (Å²) in [5.74, 6) is -5.09. The predicted octanol–water partition coefficient (Wildman–Crippen LogP) is 3.36. The number of halogens is 5. The van der Waals surface area contributed by atoms with Gasteiger partial charge in [-0.3, -0.25) is 5.10 Å². The summed E-state index contributed by atoms with van der Waals surface area (Å²) in [6.45, 7) is 4.60. The van der Waals surface area contributed by atoms with Gasteiger partial charge in [-0.25, -0.2) is 4.79 Å². The molecule has 2 heterocycles. The van der Waals surface area contributed by atoms with Gasteiger partial charge in [0.05, 0.1) is 6.54 Å². The fraction of sp³-hybridized carbons (Fsp3) is 0.692. The monoisotopic (exact) mass is 341 g/mol. The topological polar surface area (TPSA) is 58.2 Å². The first-order chi connectivity index (χ1) is 10.3. The first-order valence-electron chi connectivity index (χ1n) is 6.82. The van der Waals surface area contributed by atoms with E-state index in [0.717, 1.165) is 4.90 Å². The molecule has 10 heteroatoms. The number of aromatic nitrogens is 2. The summed E-state index contributed by atoms with van der Waals surface area (Å²) in [7, 11) is 0. The summed E-state index contributed by atoms with van der Waals surface area (Å²) in [5, 5.41) is 5.33. The molecule has 130 valence electrons. The lowest BCUT2D eigenvalue weighted by Crippen LogP contribution is -2.41. The molecule has 0 radical (unpaired) electrons. The van der Waals surface area contributed by atoms with Gasteiger partial charge < -0.3 is 9.64 Å². The van der Waals surface area contributed by atoms with E-state index in [1.807, 2.05) is 0 Å². The predicted molar refractivity (Wildman–Crippen MR) is 68.9 cm³/mol. The highest BCUT2D eigenvalue weighted by Crippen LogP contribution is 2.45. The molecular weight excluding hydrogens is 325 g/mol. The molecule has 0 bridgehead atoms. The third-order valence-corrected chi connectivity index (χ3v) is 3.24. The Bertz CT molecular complexity index is 604. The zero-order valence-electron chi connectivity index (χ0n) is 12.7. The van der Waals surface area contributed by atoms with E-state index in [1.54, 1.807) is 20.8 Å². The number of amides is 1. The molecule has 5 nitrogen and oxygen atoms in total. The van der Waals surface area contributed by atoms with Crippen LogP contribution in [0.5, 0.6) is 0 Å². The maximum absolute atomic E-state index is 13.5. The van der Waals surface area contributed by atoms with Crippen LogP contribution in [0.3, 0.4) is 0 Å². The van der Waals surface area contributed by atoms with Crippen LogP contribution < -0.4 is 0 Å². The zero-order valence-corrected chi connectivity index (χ0v) is 12.7. The van der Waals surface area contributed by atoms with E-state index in [4.69, 9.17) is 4.74 Å². The lowest BCUT2D eigenvalue weighted by atomic mass is 10.0. The fourth-order valence-electron chi connectivity index (χ4n) is 2.17. The third kappa shape index (κ3) is 3.40. The van der Waals surface area contributed by atoms with E-state index < -0.39 is 36.0 Å². The molecule has 1 aliphatic heterocycles. The molecule has 1 aromatic rings. The third-order valence-electron chi connectivity index (χ3n) is 3.24. The van der Waals surface area contributed by atoms with Crippen LogP contribution in [0.4, 0.5) is 26.7 Å². The van der Waals surface area contributed by atoms with Crippen LogP contribution in [-0.2, 0) is 23.6 Å². The minimum atomic E-state index is -5.76. The Kier molecular flexibility index (Phi) is 4.06. The Hall–Kier alpha value is -1.87. The molecule has 0 saturated carbocycles. The smallest absolute Gasteiger partial charge is 0.444 e. The number of carbonyl (C=O) groups is 1. The molecule has 0 spiro atoms. The SMILES string of the molecule is CC(C)(C)OC(=O)N1CCc2[nH]nc(C(F)(F)C(F)(F)F)c2C1. The largest absolute Gasteiger partial charge is 0.459 e. The number of fused-ring (bicyclic) bond motifs is 1. The number of alkyl halides is 5. The summed E-state index contributed by atoms with van der Waals surface area (Å²) in [6.07, 6.45) is -6.44. The van der Waals surface area contributed by atoms with Crippen LogP contribution in [0.1, 0.15) is 37.7 Å². The number of nitrogens with zero attached hydrogens (tertiary/aromatic N) is 2. The van der Waals surface area contributed by atoms with E-state index in [-0.39, 0.29) is 24.2 Å². The highest BCUT2D eigenvalue weighted by molar-refractivity contribution is 5.68. The van der Waals surface area contributed by atoms with Crippen LogP contribution in [0.25, 0.3) is 0 Å². The van der Waals surface area contributed by atoms with Crippen LogP contribution in [0.2, 0.25) is 0 Å². The van der Waals surface area contributed by atoms with Gasteiger partial charge in [-0.05, 0) is 20.8 Å². The molecular formula is C13H16F5N3O2. The van der Waals surface area contributed by atoms with Gasteiger partial charge in [-0.15, -0.1) is 0 Å². The molecule has 0 saturated heterocycles. The van der Waals surface area contributed by atoms with Crippen molar-refractivity contribution in [3.8, 4) is 0 Å². The Morgan fingerprint density at radius 2 is 1.83 bits per heavy atom. The van der Waals surface area contributed by atoms with Gasteiger partial charge in [0, 0.05) is 24.2 Å². The van der Waals surface area contributed by atoms with Crippen molar-refractivity contribution < 1.29 is 31.5 Å². The first kappa shape index (κ1) is 17.5. The maximum Gasteiger partial charge on any atom is 0.459 e. The minimum absolute atomic E-state index is 0.0928. The van der Waals surface area contributed by atoms with Crippen LogP contribution in [0, 0.1) is 0 Å². The number of hydrogen-bond acceptors (Lipinski definition) is 3. The second-order valence-electron chi connectivity index (χ2n) is 6.25. The molecule has 1 N–H and O–H groups in total. The minimum Gasteiger partial charge on any atom is -0.444 e. The number of hydrogen-bond donors (Lipinski definition) is 1. The number of H-pyrrole nitrogens is 1. The summed E-state index contributed by atoms with van der Waals surface area (Å²) < 4.78 is 69.8. The van der Waals surface area contributed by atoms with Crippen molar-refractivity contribution in [1.82, 2.24) is 15.1 Å². The number of ether oxygens (including phenoxy) is 1. The van der Waals surface area contributed by atoms with Crippen LogP contribution in [0.15, 0.2) is 0 Å². The van der Waals surface area contributed by atoms with Crippen LogP contribution in [-0.4, -0.2) is 39.5 Å². The van der Waals surface area contributed by atoms with Crippen molar-refractivity contribution in [2.24, 2.45) is 0 Å². The van der Waals surface area contributed by atoms with Gasteiger partial charge in [-0.2, -0.15) is 27.1 Å². The van der Waals surface area contributed by atoms with Gasteiger partial charge in [0.2, 0.25) is 0 Å².